The molecule has 0 radical (unpaired) electrons. The first-order chi connectivity index (χ1) is 24.0. The highest BCUT2D eigenvalue weighted by Crippen LogP contribution is 2.33. The molecule has 2 aliphatic rings. The Bertz CT molecular complexity index is 1940. The number of anilines is 1. The molecular weight excluding hydrogens is 616 g/mol. The lowest BCUT2D eigenvalue weighted by atomic mass is 9.84. The van der Waals surface area contributed by atoms with Gasteiger partial charge in [0, 0.05) is 68.9 Å². The number of para-hydroxylation sites is 1. The van der Waals surface area contributed by atoms with Gasteiger partial charge in [-0.1, -0.05) is 23.3 Å². The van der Waals surface area contributed by atoms with E-state index in [2.05, 4.69) is 41.8 Å². The van der Waals surface area contributed by atoms with Crippen molar-refractivity contribution < 1.29 is 9.59 Å². The highest BCUT2D eigenvalue weighted by Gasteiger charge is 2.49. The maximum absolute atomic E-state index is 14.8. The average molecular weight is 651 g/mol. The number of pyridine rings is 2. The number of nitriles is 1. The predicted molar refractivity (Wildman–Crippen MR) is 181 cm³/mol. The standard InChI is InChI=1S/C37H34N10O2/c38-25-29-6-8-31(9-7-29)33(48)22-34-41-37(23-27-10-16-39-17-11-27,24-28-12-18-40-19-13-28)35(49)46(34)26-30-14-20-45(21-15-30)36-42-43-44-47(36)32-4-2-1-3-5-32/h1-13,16-19,22,30,41H,14-15,20-21,23-24,26H2. The number of amides is 1. The molecule has 0 aliphatic carbocycles. The van der Waals surface area contributed by atoms with Crippen molar-refractivity contribution >= 4 is 17.6 Å². The number of hydrogen-bond donors (Lipinski definition) is 1. The summed E-state index contributed by atoms with van der Waals surface area (Å²) in [5, 5.41) is 25.3. The van der Waals surface area contributed by atoms with Crippen molar-refractivity contribution in [1.82, 2.24) is 40.4 Å². The number of carbonyl (C=O) groups is 2. The van der Waals surface area contributed by atoms with Gasteiger partial charge in [-0.15, -0.1) is 0 Å². The minimum Gasteiger partial charge on any atom is -0.357 e. The largest absolute Gasteiger partial charge is 0.357 e. The van der Waals surface area contributed by atoms with Gasteiger partial charge in [-0.3, -0.25) is 24.5 Å². The Morgan fingerprint density at radius 3 is 2.14 bits per heavy atom. The molecule has 0 bridgehead atoms. The summed E-state index contributed by atoms with van der Waals surface area (Å²) < 4.78 is 1.75. The van der Waals surface area contributed by atoms with Crippen LogP contribution in [0.5, 0.6) is 0 Å². The van der Waals surface area contributed by atoms with Crippen molar-refractivity contribution in [2.24, 2.45) is 5.92 Å². The molecule has 2 saturated heterocycles. The Kier molecular flexibility index (Phi) is 8.88. The zero-order valence-corrected chi connectivity index (χ0v) is 26.8. The normalized spacial score (nSPS) is 16.8. The first-order valence-electron chi connectivity index (χ1n) is 16.2. The maximum Gasteiger partial charge on any atom is 0.254 e. The van der Waals surface area contributed by atoms with Gasteiger partial charge in [0.2, 0.25) is 5.95 Å². The van der Waals surface area contributed by atoms with Gasteiger partial charge < -0.3 is 10.2 Å². The summed E-state index contributed by atoms with van der Waals surface area (Å²) in [4.78, 5) is 40.7. The van der Waals surface area contributed by atoms with Gasteiger partial charge in [0.25, 0.3) is 5.91 Å². The maximum atomic E-state index is 14.8. The molecule has 1 amide bonds. The van der Waals surface area contributed by atoms with Gasteiger partial charge in [-0.25, -0.2) is 0 Å². The van der Waals surface area contributed by atoms with Crippen LogP contribution in [0.15, 0.2) is 116 Å². The summed E-state index contributed by atoms with van der Waals surface area (Å²) in [5.41, 5.74) is 2.66. The van der Waals surface area contributed by atoms with E-state index in [1.807, 2.05) is 54.6 Å². The number of hydrogen-bond acceptors (Lipinski definition) is 10. The van der Waals surface area contributed by atoms with Crippen LogP contribution in [0, 0.1) is 17.2 Å². The molecule has 12 heteroatoms. The smallest absolute Gasteiger partial charge is 0.254 e. The van der Waals surface area contributed by atoms with Crippen LogP contribution < -0.4 is 10.2 Å². The fourth-order valence-electron chi connectivity index (χ4n) is 6.64. The molecule has 0 atom stereocenters. The molecule has 1 N–H and O–H groups in total. The third-order valence-electron chi connectivity index (χ3n) is 9.18. The van der Waals surface area contributed by atoms with Crippen molar-refractivity contribution in [2.45, 2.75) is 31.2 Å². The molecule has 5 aromatic rings. The lowest BCUT2D eigenvalue weighted by Crippen LogP contribution is -2.51. The Morgan fingerprint density at radius 2 is 1.53 bits per heavy atom. The Labute approximate surface area is 283 Å². The van der Waals surface area contributed by atoms with Crippen LogP contribution in [0.1, 0.15) is 39.9 Å². The van der Waals surface area contributed by atoms with Gasteiger partial charge in [-0.2, -0.15) is 9.94 Å². The SMILES string of the molecule is N#Cc1ccc(C(=O)C=C2NC(Cc3ccncc3)(Cc3ccncc3)C(=O)N2CC2CCN(c3nnnn3-c3ccccc3)CC2)cc1. The molecule has 2 aliphatic heterocycles. The minimum atomic E-state index is -1.04. The highest BCUT2D eigenvalue weighted by molar-refractivity contribution is 6.06. The van der Waals surface area contributed by atoms with E-state index in [0.717, 1.165) is 42.7 Å². The van der Waals surface area contributed by atoms with Crippen molar-refractivity contribution in [2.75, 3.05) is 24.5 Å². The zero-order chi connectivity index (χ0) is 33.6. The predicted octanol–water partition coefficient (Wildman–Crippen LogP) is 3.92. The van der Waals surface area contributed by atoms with E-state index in [0.29, 0.717) is 42.3 Å². The summed E-state index contributed by atoms with van der Waals surface area (Å²) in [6, 6.07) is 26.1. The van der Waals surface area contributed by atoms with Crippen LogP contribution in [-0.4, -0.2) is 71.9 Å². The molecule has 0 saturated carbocycles. The molecule has 7 rings (SSSR count). The number of rotatable bonds is 10. The van der Waals surface area contributed by atoms with E-state index in [-0.39, 0.29) is 17.6 Å². The number of carbonyl (C=O) groups excluding carboxylic acids is 2. The minimum absolute atomic E-state index is 0.0875. The second kappa shape index (κ2) is 13.9. The highest BCUT2D eigenvalue weighted by atomic mass is 16.2. The van der Waals surface area contributed by atoms with E-state index in [1.165, 1.54) is 6.08 Å². The molecule has 2 aromatic carbocycles. The second-order valence-corrected chi connectivity index (χ2v) is 12.4. The van der Waals surface area contributed by atoms with E-state index in [9.17, 15) is 14.9 Å². The number of piperidine rings is 1. The van der Waals surface area contributed by atoms with E-state index >= 15 is 0 Å². The monoisotopic (exact) mass is 650 g/mol. The summed E-state index contributed by atoms with van der Waals surface area (Å²) in [6.45, 7) is 1.88. The van der Waals surface area contributed by atoms with Gasteiger partial charge in [-0.05, 0) is 101 Å². The fourth-order valence-corrected chi connectivity index (χ4v) is 6.64. The van der Waals surface area contributed by atoms with Crippen LogP contribution in [0.25, 0.3) is 5.69 Å². The van der Waals surface area contributed by atoms with Gasteiger partial charge in [0.05, 0.1) is 17.3 Å². The lowest BCUT2D eigenvalue weighted by molar-refractivity contribution is -0.132. The molecule has 12 nitrogen and oxygen atoms in total. The van der Waals surface area contributed by atoms with Crippen molar-refractivity contribution in [1.29, 1.82) is 5.26 Å². The van der Waals surface area contributed by atoms with E-state index < -0.39 is 5.54 Å². The summed E-state index contributed by atoms with van der Waals surface area (Å²) in [7, 11) is 0. The topological polar surface area (TPSA) is 146 Å². The van der Waals surface area contributed by atoms with E-state index in [1.54, 1.807) is 58.6 Å². The van der Waals surface area contributed by atoms with Crippen LogP contribution in [0.3, 0.4) is 0 Å². The molecule has 0 spiro atoms. The number of benzene rings is 2. The van der Waals surface area contributed by atoms with Gasteiger partial charge >= 0.3 is 0 Å². The fraction of sp³-hybridized carbons (Fsp3) is 0.243. The number of tetrazole rings is 1. The molecule has 2 fully saturated rings. The first-order valence-corrected chi connectivity index (χ1v) is 16.2. The van der Waals surface area contributed by atoms with Crippen molar-refractivity contribution in [3.05, 3.63) is 138 Å². The lowest BCUT2D eigenvalue weighted by Gasteiger charge is -2.34. The molecular formula is C37H34N10O2. The average Bonchev–Trinajstić information content (AvgIpc) is 3.73. The van der Waals surface area contributed by atoms with E-state index in [4.69, 9.17) is 0 Å². The summed E-state index contributed by atoms with van der Waals surface area (Å²) in [5.74, 6) is 0.990. The van der Waals surface area contributed by atoms with Gasteiger partial charge in [0.1, 0.15) is 11.4 Å². The number of nitrogens with one attached hydrogen (secondary N) is 1. The third kappa shape index (κ3) is 6.78. The first kappa shape index (κ1) is 31.4. The number of allylic oxidation sites excluding steroid dienone is 1. The molecule has 244 valence electrons. The number of nitrogens with zero attached hydrogens (tertiary/aromatic N) is 9. The summed E-state index contributed by atoms with van der Waals surface area (Å²) in [6.07, 6.45) is 10.8. The molecule has 0 unspecified atom stereocenters. The Balaban J connectivity index is 1.17. The molecule has 49 heavy (non-hydrogen) atoms. The Morgan fingerprint density at radius 1 is 0.898 bits per heavy atom. The van der Waals surface area contributed by atoms with Crippen LogP contribution in [0.2, 0.25) is 0 Å². The zero-order valence-electron chi connectivity index (χ0n) is 26.8. The third-order valence-corrected chi connectivity index (χ3v) is 9.18. The van der Waals surface area contributed by atoms with Crippen molar-refractivity contribution in [3.63, 3.8) is 0 Å². The van der Waals surface area contributed by atoms with Gasteiger partial charge in [0.15, 0.2) is 5.78 Å². The molecule has 5 heterocycles. The van der Waals surface area contributed by atoms with Crippen molar-refractivity contribution in [3.8, 4) is 11.8 Å². The number of ketones is 1. The second-order valence-electron chi connectivity index (χ2n) is 12.4. The van der Waals surface area contributed by atoms with Crippen LogP contribution >= 0.6 is 0 Å². The summed E-state index contributed by atoms with van der Waals surface area (Å²) >= 11 is 0. The Hall–Kier alpha value is -6.22. The quantitative estimate of drug-likeness (QED) is 0.174. The van der Waals surface area contributed by atoms with Crippen LogP contribution in [-0.2, 0) is 17.6 Å². The van der Waals surface area contributed by atoms with Crippen LogP contribution in [0.4, 0.5) is 5.95 Å². The number of aromatic nitrogens is 6. The molecule has 3 aromatic heterocycles.